The summed E-state index contributed by atoms with van der Waals surface area (Å²) in [6, 6.07) is 10.9. The fourth-order valence-electron chi connectivity index (χ4n) is 1.66. The van der Waals surface area contributed by atoms with Gasteiger partial charge in [0.25, 0.3) is 0 Å². The summed E-state index contributed by atoms with van der Waals surface area (Å²) < 4.78 is 4.75. The molecule has 1 aromatic rings. The highest BCUT2D eigenvalue weighted by molar-refractivity contribution is 5.84. The van der Waals surface area contributed by atoms with E-state index in [4.69, 9.17) is 10.00 Å². The molecule has 1 aromatic carbocycles. The number of nitrogens with zero attached hydrogens (tertiary/aromatic N) is 1. The number of nitrogens with one attached hydrogen (secondary N) is 2. The maximum Gasteiger partial charge on any atom is 0.407 e. The molecule has 6 heteroatoms. The minimum absolute atomic E-state index is 0.0679. The van der Waals surface area contributed by atoms with Crippen LogP contribution in [0.1, 0.15) is 18.4 Å². The normalized spacial score (nSPS) is 11.0. The van der Waals surface area contributed by atoms with Crippen LogP contribution in [0.5, 0.6) is 0 Å². The van der Waals surface area contributed by atoms with Gasteiger partial charge in [-0.05, 0) is 12.5 Å². The van der Waals surface area contributed by atoms with E-state index in [1.54, 1.807) is 19.1 Å². The second-order valence-electron chi connectivity index (χ2n) is 3.94. The Morgan fingerprint density at radius 1 is 1.30 bits per heavy atom. The molecule has 0 bridgehead atoms. The first-order chi connectivity index (χ1) is 9.69. The number of carbonyl (C=O) groups excluding carboxylic acids is 2. The van der Waals surface area contributed by atoms with Gasteiger partial charge in [0.2, 0.25) is 5.91 Å². The molecule has 1 atom stereocenters. The van der Waals surface area contributed by atoms with Crippen molar-refractivity contribution in [1.29, 1.82) is 5.26 Å². The van der Waals surface area contributed by atoms with Crippen LogP contribution in [-0.4, -0.2) is 31.7 Å². The maximum atomic E-state index is 12.0. The van der Waals surface area contributed by atoms with Crippen molar-refractivity contribution in [2.75, 3.05) is 19.7 Å². The van der Waals surface area contributed by atoms with Crippen molar-refractivity contribution >= 4 is 12.0 Å². The second-order valence-corrected chi connectivity index (χ2v) is 3.94. The van der Waals surface area contributed by atoms with Crippen LogP contribution in [0.2, 0.25) is 0 Å². The molecule has 20 heavy (non-hydrogen) atoms. The van der Waals surface area contributed by atoms with E-state index in [1.807, 2.05) is 24.3 Å². The molecular weight excluding hydrogens is 258 g/mol. The number of ether oxygens (including phenoxy) is 1. The lowest BCUT2D eigenvalue weighted by atomic mass is 9.98. The number of benzene rings is 1. The fourth-order valence-corrected chi connectivity index (χ4v) is 1.66. The molecule has 0 saturated carbocycles. The number of alkyl carbamates (subject to hydrolysis) is 1. The third-order valence-corrected chi connectivity index (χ3v) is 2.59. The van der Waals surface area contributed by atoms with E-state index < -0.39 is 12.0 Å². The molecular formula is C14H17N3O3. The Morgan fingerprint density at radius 2 is 2.00 bits per heavy atom. The Hall–Kier alpha value is -2.55. The van der Waals surface area contributed by atoms with Crippen LogP contribution in [0, 0.1) is 11.3 Å². The summed E-state index contributed by atoms with van der Waals surface area (Å²) in [4.78, 5) is 23.3. The third kappa shape index (κ3) is 4.98. The maximum absolute atomic E-state index is 12.0. The molecule has 0 aliphatic carbocycles. The number of hydrogen-bond acceptors (Lipinski definition) is 4. The molecule has 6 nitrogen and oxygen atoms in total. The zero-order chi connectivity index (χ0) is 14.8. The van der Waals surface area contributed by atoms with Crippen molar-refractivity contribution in [1.82, 2.24) is 10.6 Å². The number of rotatable bonds is 6. The largest absolute Gasteiger partial charge is 0.450 e. The van der Waals surface area contributed by atoms with Gasteiger partial charge in [-0.3, -0.25) is 4.79 Å². The highest BCUT2D eigenvalue weighted by atomic mass is 16.5. The van der Waals surface area contributed by atoms with Crippen molar-refractivity contribution in [3.63, 3.8) is 0 Å². The average molecular weight is 275 g/mol. The van der Waals surface area contributed by atoms with E-state index in [-0.39, 0.29) is 25.6 Å². The number of nitriles is 1. The van der Waals surface area contributed by atoms with E-state index in [1.165, 1.54) is 0 Å². The van der Waals surface area contributed by atoms with Crippen molar-refractivity contribution < 1.29 is 14.3 Å². The van der Waals surface area contributed by atoms with Crippen LogP contribution < -0.4 is 10.6 Å². The lowest BCUT2D eigenvalue weighted by molar-refractivity contribution is -0.122. The quantitative estimate of drug-likeness (QED) is 0.762. The molecule has 0 fully saturated rings. The predicted molar refractivity (Wildman–Crippen MR) is 72.8 cm³/mol. The van der Waals surface area contributed by atoms with Crippen molar-refractivity contribution in [3.05, 3.63) is 35.9 Å². The van der Waals surface area contributed by atoms with Gasteiger partial charge >= 0.3 is 6.09 Å². The molecule has 0 radical (unpaired) electrons. The zero-order valence-electron chi connectivity index (χ0n) is 11.3. The summed E-state index contributed by atoms with van der Waals surface area (Å²) in [7, 11) is 0. The van der Waals surface area contributed by atoms with Crippen LogP contribution in [0.4, 0.5) is 4.79 Å². The van der Waals surface area contributed by atoms with Crippen molar-refractivity contribution in [2.45, 2.75) is 12.8 Å². The van der Waals surface area contributed by atoms with Gasteiger partial charge in [0.15, 0.2) is 0 Å². The first kappa shape index (κ1) is 15.5. The summed E-state index contributed by atoms with van der Waals surface area (Å²) >= 11 is 0. The van der Waals surface area contributed by atoms with Gasteiger partial charge in [-0.1, -0.05) is 30.3 Å². The minimum atomic E-state index is -0.568. The van der Waals surface area contributed by atoms with E-state index >= 15 is 0 Å². The van der Waals surface area contributed by atoms with Gasteiger partial charge in [0.1, 0.15) is 6.54 Å². The predicted octanol–water partition coefficient (Wildman–Crippen LogP) is 1.16. The minimum Gasteiger partial charge on any atom is -0.450 e. The second kappa shape index (κ2) is 8.53. The summed E-state index contributed by atoms with van der Waals surface area (Å²) in [5.41, 5.74) is 0.764. The van der Waals surface area contributed by atoms with E-state index in [0.29, 0.717) is 0 Å². The smallest absolute Gasteiger partial charge is 0.407 e. The molecule has 1 rings (SSSR count). The molecule has 0 aliphatic rings. The van der Waals surface area contributed by atoms with Crippen LogP contribution in [0.25, 0.3) is 0 Å². The van der Waals surface area contributed by atoms with E-state index in [9.17, 15) is 9.59 Å². The summed E-state index contributed by atoms with van der Waals surface area (Å²) in [6.45, 7) is 2.01. The van der Waals surface area contributed by atoms with Crippen LogP contribution >= 0.6 is 0 Å². The Balaban J connectivity index is 2.72. The molecule has 0 aliphatic heterocycles. The number of hydrogen-bond donors (Lipinski definition) is 2. The van der Waals surface area contributed by atoms with Gasteiger partial charge in [0.05, 0.1) is 18.6 Å². The van der Waals surface area contributed by atoms with Crippen LogP contribution in [-0.2, 0) is 9.53 Å². The fraction of sp³-hybridized carbons (Fsp3) is 0.357. The van der Waals surface area contributed by atoms with Crippen LogP contribution in [0.15, 0.2) is 30.3 Å². The summed E-state index contributed by atoms with van der Waals surface area (Å²) in [5.74, 6) is -0.872. The van der Waals surface area contributed by atoms with E-state index in [0.717, 1.165) is 5.56 Å². The Kier molecular flexibility index (Phi) is 6.62. The van der Waals surface area contributed by atoms with Crippen molar-refractivity contribution in [3.8, 4) is 6.07 Å². The highest BCUT2D eigenvalue weighted by Gasteiger charge is 2.21. The lowest BCUT2D eigenvalue weighted by Gasteiger charge is -2.16. The monoisotopic (exact) mass is 275 g/mol. The average Bonchev–Trinajstić information content (AvgIpc) is 2.46. The SMILES string of the molecule is CCOC(=O)NCC(C(=O)NCC#N)c1ccccc1. The lowest BCUT2D eigenvalue weighted by Crippen LogP contribution is -2.37. The topological polar surface area (TPSA) is 91.2 Å². The van der Waals surface area contributed by atoms with Crippen molar-refractivity contribution in [2.24, 2.45) is 0 Å². The third-order valence-electron chi connectivity index (χ3n) is 2.59. The standard InChI is InChI=1S/C14H17N3O3/c1-2-20-14(19)17-10-12(13(18)16-9-8-15)11-6-4-3-5-7-11/h3-7,12H,2,9-10H2,1H3,(H,16,18)(H,17,19). The molecule has 0 spiro atoms. The van der Waals surface area contributed by atoms with Gasteiger partial charge < -0.3 is 15.4 Å². The molecule has 2 N–H and O–H groups in total. The zero-order valence-corrected chi connectivity index (χ0v) is 11.3. The van der Waals surface area contributed by atoms with Crippen LogP contribution in [0.3, 0.4) is 0 Å². The molecule has 0 aromatic heterocycles. The Morgan fingerprint density at radius 3 is 2.60 bits per heavy atom. The summed E-state index contributed by atoms with van der Waals surface area (Å²) in [6.07, 6.45) is -0.568. The summed E-state index contributed by atoms with van der Waals surface area (Å²) in [5, 5.41) is 13.5. The van der Waals surface area contributed by atoms with Gasteiger partial charge in [0, 0.05) is 6.54 Å². The van der Waals surface area contributed by atoms with Gasteiger partial charge in [-0.25, -0.2) is 4.79 Å². The van der Waals surface area contributed by atoms with E-state index in [2.05, 4.69) is 10.6 Å². The Bertz CT molecular complexity index is 482. The Labute approximate surface area is 117 Å². The molecule has 1 unspecified atom stereocenters. The van der Waals surface area contributed by atoms with Gasteiger partial charge in [-0.15, -0.1) is 0 Å². The number of carbonyl (C=O) groups is 2. The molecule has 2 amide bonds. The highest BCUT2D eigenvalue weighted by Crippen LogP contribution is 2.14. The first-order valence-electron chi connectivity index (χ1n) is 6.29. The molecule has 0 saturated heterocycles. The molecule has 0 heterocycles. The van der Waals surface area contributed by atoms with Gasteiger partial charge in [-0.2, -0.15) is 5.26 Å². The molecule has 106 valence electrons. The first-order valence-corrected chi connectivity index (χ1v) is 6.29. The number of amides is 2.